The largest absolute Gasteiger partial charge is 0.496 e. The summed E-state index contributed by atoms with van der Waals surface area (Å²) in [7, 11) is 3.04. The van der Waals surface area contributed by atoms with E-state index in [1.165, 1.54) is 18.2 Å². The van der Waals surface area contributed by atoms with Crippen molar-refractivity contribution >= 4 is 39.9 Å². The molecule has 2 aromatic heterocycles. The average Bonchev–Trinajstić information content (AvgIpc) is 2.70. The Morgan fingerprint density at radius 3 is 2.40 bits per heavy atom. The highest BCUT2D eigenvalue weighted by atomic mass is 35.5. The zero-order chi connectivity index (χ0) is 21.6. The van der Waals surface area contributed by atoms with Crippen LogP contribution in [0.15, 0.2) is 18.3 Å². The van der Waals surface area contributed by atoms with E-state index in [9.17, 15) is 8.78 Å². The van der Waals surface area contributed by atoms with Gasteiger partial charge in [-0.1, -0.05) is 30.1 Å². The Labute approximate surface area is 181 Å². The molecule has 0 unspecified atom stereocenters. The number of aromatic nitrogens is 3. The van der Waals surface area contributed by atoms with Crippen LogP contribution in [0.1, 0.15) is 12.5 Å². The molecule has 10 heteroatoms. The molecular formula is C20H18Cl2F2N4O2. The summed E-state index contributed by atoms with van der Waals surface area (Å²) in [6, 6.07) is 3.27. The highest BCUT2D eigenvalue weighted by molar-refractivity contribution is 6.35. The van der Waals surface area contributed by atoms with Gasteiger partial charge in [0.2, 0.25) is 0 Å². The molecule has 0 aliphatic carbocycles. The van der Waals surface area contributed by atoms with Crippen molar-refractivity contribution in [3.63, 3.8) is 0 Å². The molecular weight excluding hydrogens is 437 g/mol. The van der Waals surface area contributed by atoms with Crippen molar-refractivity contribution in [2.24, 2.45) is 0 Å². The van der Waals surface area contributed by atoms with Gasteiger partial charge in [-0.3, -0.25) is 0 Å². The van der Waals surface area contributed by atoms with Crippen LogP contribution in [-0.2, 0) is 6.42 Å². The molecule has 1 aliphatic heterocycles. The number of halogens is 4. The minimum absolute atomic E-state index is 0.225. The van der Waals surface area contributed by atoms with E-state index < -0.39 is 19.0 Å². The van der Waals surface area contributed by atoms with Gasteiger partial charge in [-0.25, -0.2) is 23.7 Å². The molecule has 0 atom stereocenters. The number of methoxy groups -OCH3 is 2. The Hall–Kier alpha value is -2.45. The summed E-state index contributed by atoms with van der Waals surface area (Å²) in [5.41, 5.74) is 1.78. The van der Waals surface area contributed by atoms with Crippen molar-refractivity contribution < 1.29 is 18.3 Å². The van der Waals surface area contributed by atoms with Gasteiger partial charge in [0.1, 0.15) is 22.5 Å². The number of benzene rings is 1. The third kappa shape index (κ3) is 3.48. The van der Waals surface area contributed by atoms with E-state index in [0.29, 0.717) is 45.2 Å². The van der Waals surface area contributed by atoms with Crippen LogP contribution in [0.25, 0.3) is 22.3 Å². The molecule has 6 nitrogen and oxygen atoms in total. The number of hydrogen-bond acceptors (Lipinski definition) is 6. The van der Waals surface area contributed by atoms with Gasteiger partial charge in [0.25, 0.3) is 5.92 Å². The first-order valence-corrected chi connectivity index (χ1v) is 9.93. The van der Waals surface area contributed by atoms with Gasteiger partial charge in [0.05, 0.1) is 44.0 Å². The molecule has 1 saturated heterocycles. The summed E-state index contributed by atoms with van der Waals surface area (Å²) < 4.78 is 38.0. The Kier molecular flexibility index (Phi) is 5.32. The molecule has 3 heterocycles. The first-order valence-electron chi connectivity index (χ1n) is 9.17. The van der Waals surface area contributed by atoms with Gasteiger partial charge >= 0.3 is 0 Å². The highest BCUT2D eigenvalue weighted by Gasteiger charge is 2.45. The van der Waals surface area contributed by atoms with Crippen LogP contribution in [-0.4, -0.2) is 48.2 Å². The van der Waals surface area contributed by atoms with Crippen LogP contribution < -0.4 is 14.4 Å². The van der Waals surface area contributed by atoms with Crippen LogP contribution in [0.5, 0.6) is 11.5 Å². The topological polar surface area (TPSA) is 60.4 Å². The molecule has 0 radical (unpaired) electrons. The van der Waals surface area contributed by atoms with Crippen molar-refractivity contribution in [1.82, 2.24) is 15.0 Å². The Morgan fingerprint density at radius 1 is 1.10 bits per heavy atom. The quantitative estimate of drug-likeness (QED) is 0.503. The molecule has 4 rings (SSSR count). The highest BCUT2D eigenvalue weighted by Crippen LogP contribution is 2.44. The summed E-state index contributed by atoms with van der Waals surface area (Å²) in [5, 5.41) is 1.08. The van der Waals surface area contributed by atoms with Crippen LogP contribution in [0, 0.1) is 0 Å². The predicted molar refractivity (Wildman–Crippen MR) is 112 cm³/mol. The zero-order valence-electron chi connectivity index (χ0n) is 16.5. The van der Waals surface area contributed by atoms with Crippen molar-refractivity contribution in [3.8, 4) is 22.9 Å². The predicted octanol–water partition coefficient (Wildman–Crippen LogP) is 5.03. The van der Waals surface area contributed by atoms with Gasteiger partial charge in [0, 0.05) is 22.6 Å². The number of alkyl halides is 2. The molecule has 3 aromatic rings. The van der Waals surface area contributed by atoms with Crippen LogP contribution in [0.4, 0.5) is 14.6 Å². The molecule has 158 valence electrons. The summed E-state index contributed by atoms with van der Waals surface area (Å²) in [6.45, 7) is 1.08. The van der Waals surface area contributed by atoms with E-state index in [2.05, 4.69) is 15.0 Å². The first-order chi connectivity index (χ1) is 14.3. The molecule has 30 heavy (non-hydrogen) atoms. The fourth-order valence-corrected chi connectivity index (χ4v) is 4.06. The molecule has 0 saturated carbocycles. The van der Waals surface area contributed by atoms with Crippen LogP contribution >= 0.6 is 23.2 Å². The Balaban J connectivity index is 2.00. The monoisotopic (exact) mass is 454 g/mol. The lowest BCUT2D eigenvalue weighted by atomic mass is 10.0. The maximum Gasteiger partial charge on any atom is 0.282 e. The van der Waals surface area contributed by atoms with Crippen molar-refractivity contribution in [2.45, 2.75) is 19.3 Å². The lowest BCUT2D eigenvalue weighted by Crippen LogP contribution is -2.56. The van der Waals surface area contributed by atoms with Crippen LogP contribution in [0.3, 0.4) is 0 Å². The number of rotatable bonds is 5. The SMILES string of the molecule is CCc1c(OC)cc(OC)c(Cl)c1-c1nc(N2CC(F)(F)C2)c2cc(Cl)ncc2n1. The molecule has 0 amide bonds. The van der Waals surface area contributed by atoms with Gasteiger partial charge in [-0.05, 0) is 12.5 Å². The third-order valence-electron chi connectivity index (χ3n) is 4.99. The van der Waals surface area contributed by atoms with E-state index in [1.807, 2.05) is 6.92 Å². The molecule has 1 aliphatic rings. The minimum Gasteiger partial charge on any atom is -0.496 e. The first kappa shape index (κ1) is 20.8. The Morgan fingerprint density at radius 2 is 1.80 bits per heavy atom. The maximum absolute atomic E-state index is 13.6. The molecule has 0 bridgehead atoms. The summed E-state index contributed by atoms with van der Waals surface area (Å²) >= 11 is 12.7. The summed E-state index contributed by atoms with van der Waals surface area (Å²) in [4.78, 5) is 14.8. The Bertz CT molecular complexity index is 1140. The average molecular weight is 455 g/mol. The third-order valence-corrected chi connectivity index (χ3v) is 5.57. The standard InChI is InChI=1S/C20H18Cl2F2N4O2/c1-4-10-13(29-2)6-14(30-3)17(22)16(10)18-26-12-7-25-15(21)5-11(12)19(27-18)28-8-20(23,24)9-28/h5-7H,4,8-9H2,1-3H3. The van der Waals surface area contributed by atoms with E-state index in [-0.39, 0.29) is 11.0 Å². The van der Waals surface area contributed by atoms with E-state index >= 15 is 0 Å². The lowest BCUT2D eigenvalue weighted by molar-refractivity contribution is -0.0265. The number of nitrogens with zero attached hydrogens (tertiary/aromatic N) is 4. The van der Waals surface area contributed by atoms with Crippen molar-refractivity contribution in [1.29, 1.82) is 0 Å². The summed E-state index contributed by atoms with van der Waals surface area (Å²) in [6.07, 6.45) is 2.07. The van der Waals surface area contributed by atoms with Gasteiger partial charge in [0.15, 0.2) is 5.82 Å². The van der Waals surface area contributed by atoms with Gasteiger partial charge < -0.3 is 14.4 Å². The molecule has 1 aromatic carbocycles. The second-order valence-corrected chi connectivity index (χ2v) is 7.67. The normalized spacial score (nSPS) is 15.2. The van der Waals surface area contributed by atoms with E-state index in [1.54, 1.807) is 19.2 Å². The number of anilines is 1. The lowest BCUT2D eigenvalue weighted by Gasteiger charge is -2.40. The number of pyridine rings is 1. The fraction of sp³-hybridized carbons (Fsp3) is 0.350. The number of fused-ring (bicyclic) bond motifs is 1. The van der Waals surface area contributed by atoms with Gasteiger partial charge in [-0.15, -0.1) is 0 Å². The second-order valence-electron chi connectivity index (χ2n) is 6.91. The molecule has 0 spiro atoms. The van der Waals surface area contributed by atoms with Crippen LogP contribution in [0.2, 0.25) is 10.2 Å². The number of hydrogen-bond donors (Lipinski definition) is 0. The number of ether oxygens (including phenoxy) is 2. The fourth-order valence-electron chi connectivity index (χ4n) is 3.57. The minimum atomic E-state index is -2.76. The van der Waals surface area contributed by atoms with E-state index in [0.717, 1.165) is 5.56 Å². The smallest absolute Gasteiger partial charge is 0.282 e. The van der Waals surface area contributed by atoms with Crippen molar-refractivity contribution in [2.75, 3.05) is 32.2 Å². The van der Waals surface area contributed by atoms with Gasteiger partial charge in [-0.2, -0.15) is 0 Å². The second kappa shape index (κ2) is 7.67. The van der Waals surface area contributed by atoms with E-state index in [4.69, 9.17) is 32.7 Å². The molecule has 0 N–H and O–H groups in total. The zero-order valence-corrected chi connectivity index (χ0v) is 18.0. The summed E-state index contributed by atoms with van der Waals surface area (Å²) in [5.74, 6) is -1.17. The molecule has 1 fully saturated rings. The maximum atomic E-state index is 13.6. The van der Waals surface area contributed by atoms with Crippen molar-refractivity contribution in [3.05, 3.63) is 34.1 Å².